The van der Waals surface area contributed by atoms with Gasteiger partial charge < -0.3 is 11.1 Å². The van der Waals surface area contributed by atoms with Gasteiger partial charge in [-0.25, -0.2) is 0 Å². The monoisotopic (exact) mass is 227 g/mol. The summed E-state index contributed by atoms with van der Waals surface area (Å²) in [5.74, 6) is 0. The maximum absolute atomic E-state index is 6.12. The van der Waals surface area contributed by atoms with Crippen LogP contribution in [0.2, 0.25) is 0 Å². The highest BCUT2D eigenvalue weighted by atomic mass is 32.1. The lowest BCUT2D eigenvalue weighted by atomic mass is 9.75. The van der Waals surface area contributed by atoms with Crippen LogP contribution in [-0.4, -0.2) is 17.1 Å². The van der Waals surface area contributed by atoms with Crippen LogP contribution in [-0.2, 0) is 6.54 Å². The molecule has 0 atom stereocenters. The molecule has 1 aromatic heterocycles. The summed E-state index contributed by atoms with van der Waals surface area (Å²) in [5.41, 5.74) is 7.89. The standard InChI is InChI=1S/C11H21N3S/c1-10(2,11(3,4)12)7-13-5-9-6-14-8-15-9/h6,8,13H,5,7,12H2,1-4H3. The number of aromatic nitrogens is 1. The van der Waals surface area contributed by atoms with Crippen LogP contribution in [0.1, 0.15) is 32.6 Å². The molecular formula is C11H21N3S. The Morgan fingerprint density at radius 3 is 2.53 bits per heavy atom. The van der Waals surface area contributed by atoms with Crippen LogP contribution < -0.4 is 11.1 Å². The molecule has 0 fully saturated rings. The van der Waals surface area contributed by atoms with Crippen LogP contribution in [0.4, 0.5) is 0 Å². The second-order valence-corrected chi connectivity index (χ2v) is 6.15. The largest absolute Gasteiger partial charge is 0.325 e. The zero-order valence-corrected chi connectivity index (χ0v) is 10.8. The second-order valence-electron chi connectivity index (χ2n) is 5.18. The van der Waals surface area contributed by atoms with Crippen LogP contribution >= 0.6 is 11.3 Å². The normalized spacial score (nSPS) is 13.1. The quantitative estimate of drug-likeness (QED) is 0.809. The van der Waals surface area contributed by atoms with Gasteiger partial charge in [0.25, 0.3) is 0 Å². The fraction of sp³-hybridized carbons (Fsp3) is 0.727. The molecule has 0 spiro atoms. The van der Waals surface area contributed by atoms with E-state index in [2.05, 4.69) is 38.0 Å². The van der Waals surface area contributed by atoms with E-state index in [0.29, 0.717) is 0 Å². The van der Waals surface area contributed by atoms with Crippen molar-refractivity contribution in [1.82, 2.24) is 10.3 Å². The van der Waals surface area contributed by atoms with Crippen molar-refractivity contribution in [1.29, 1.82) is 0 Å². The number of nitrogens with zero attached hydrogens (tertiary/aromatic N) is 1. The summed E-state index contributed by atoms with van der Waals surface area (Å²) in [6.45, 7) is 10.3. The zero-order valence-electron chi connectivity index (χ0n) is 10.0. The van der Waals surface area contributed by atoms with Gasteiger partial charge in [-0.3, -0.25) is 4.98 Å². The van der Waals surface area contributed by atoms with Crippen LogP contribution in [0.25, 0.3) is 0 Å². The van der Waals surface area contributed by atoms with E-state index < -0.39 is 0 Å². The highest BCUT2D eigenvalue weighted by Crippen LogP contribution is 2.27. The minimum Gasteiger partial charge on any atom is -0.325 e. The molecule has 1 heterocycles. The lowest BCUT2D eigenvalue weighted by Gasteiger charge is -2.38. The Morgan fingerprint density at radius 1 is 1.40 bits per heavy atom. The van der Waals surface area contributed by atoms with E-state index in [-0.39, 0.29) is 11.0 Å². The molecule has 0 saturated carbocycles. The van der Waals surface area contributed by atoms with E-state index in [1.165, 1.54) is 4.88 Å². The van der Waals surface area contributed by atoms with Crippen molar-refractivity contribution in [3.05, 3.63) is 16.6 Å². The molecule has 0 aliphatic rings. The third-order valence-electron chi connectivity index (χ3n) is 3.09. The smallest absolute Gasteiger partial charge is 0.0794 e. The molecule has 0 amide bonds. The van der Waals surface area contributed by atoms with Crippen LogP contribution in [0.15, 0.2) is 11.7 Å². The van der Waals surface area contributed by atoms with Crippen LogP contribution in [0.3, 0.4) is 0 Å². The van der Waals surface area contributed by atoms with Gasteiger partial charge in [-0.1, -0.05) is 13.8 Å². The Kier molecular flexibility index (Phi) is 3.87. The molecule has 0 radical (unpaired) electrons. The molecule has 3 nitrogen and oxygen atoms in total. The first kappa shape index (κ1) is 12.6. The molecular weight excluding hydrogens is 206 g/mol. The summed E-state index contributed by atoms with van der Waals surface area (Å²) in [6, 6.07) is 0. The topological polar surface area (TPSA) is 50.9 Å². The molecule has 86 valence electrons. The summed E-state index contributed by atoms with van der Waals surface area (Å²) >= 11 is 1.68. The Bertz CT molecular complexity index is 285. The van der Waals surface area contributed by atoms with Crippen molar-refractivity contribution in [2.24, 2.45) is 11.1 Å². The van der Waals surface area contributed by atoms with E-state index in [9.17, 15) is 0 Å². The zero-order chi connectivity index (χ0) is 11.5. The molecule has 15 heavy (non-hydrogen) atoms. The van der Waals surface area contributed by atoms with Crippen molar-refractivity contribution in [2.45, 2.75) is 39.8 Å². The van der Waals surface area contributed by atoms with Gasteiger partial charge >= 0.3 is 0 Å². The average molecular weight is 227 g/mol. The van der Waals surface area contributed by atoms with Gasteiger partial charge in [0, 0.05) is 29.7 Å². The first-order valence-corrected chi connectivity index (χ1v) is 6.08. The van der Waals surface area contributed by atoms with Crippen LogP contribution in [0, 0.1) is 5.41 Å². The molecule has 0 unspecified atom stereocenters. The first-order valence-electron chi connectivity index (χ1n) is 5.20. The minimum atomic E-state index is -0.173. The summed E-state index contributed by atoms with van der Waals surface area (Å²) in [6.07, 6.45) is 1.90. The number of hydrogen-bond acceptors (Lipinski definition) is 4. The fourth-order valence-corrected chi connectivity index (χ4v) is 1.62. The van der Waals surface area contributed by atoms with Gasteiger partial charge in [-0.15, -0.1) is 11.3 Å². The Morgan fingerprint density at radius 2 is 2.07 bits per heavy atom. The minimum absolute atomic E-state index is 0.0810. The van der Waals surface area contributed by atoms with Crippen molar-refractivity contribution in [3.63, 3.8) is 0 Å². The lowest BCUT2D eigenvalue weighted by molar-refractivity contribution is 0.195. The summed E-state index contributed by atoms with van der Waals surface area (Å²) in [7, 11) is 0. The van der Waals surface area contributed by atoms with Crippen molar-refractivity contribution in [2.75, 3.05) is 6.54 Å². The predicted octanol–water partition coefficient (Wildman–Crippen LogP) is 2.00. The number of rotatable bonds is 5. The SMILES string of the molecule is CC(C)(N)C(C)(C)CNCc1cncs1. The summed E-state index contributed by atoms with van der Waals surface area (Å²) in [5, 5.41) is 3.43. The molecule has 0 aromatic carbocycles. The molecule has 0 bridgehead atoms. The molecule has 0 saturated heterocycles. The number of nitrogens with two attached hydrogens (primary N) is 1. The van der Waals surface area contributed by atoms with Crippen LogP contribution in [0.5, 0.6) is 0 Å². The van der Waals surface area contributed by atoms with Crippen molar-refractivity contribution in [3.8, 4) is 0 Å². The molecule has 0 aliphatic carbocycles. The van der Waals surface area contributed by atoms with Gasteiger partial charge in [-0.2, -0.15) is 0 Å². The van der Waals surface area contributed by atoms with E-state index in [4.69, 9.17) is 5.73 Å². The molecule has 1 aromatic rings. The number of hydrogen-bond donors (Lipinski definition) is 2. The van der Waals surface area contributed by atoms with Gasteiger partial charge in [-0.05, 0) is 19.3 Å². The average Bonchev–Trinajstić information content (AvgIpc) is 2.54. The molecule has 0 aliphatic heterocycles. The lowest BCUT2D eigenvalue weighted by Crippen LogP contribution is -2.52. The van der Waals surface area contributed by atoms with Gasteiger partial charge in [0.15, 0.2) is 0 Å². The molecule has 4 heteroatoms. The van der Waals surface area contributed by atoms with E-state index in [0.717, 1.165) is 13.1 Å². The third-order valence-corrected chi connectivity index (χ3v) is 3.87. The van der Waals surface area contributed by atoms with E-state index in [1.807, 2.05) is 11.7 Å². The highest BCUT2D eigenvalue weighted by Gasteiger charge is 2.32. The van der Waals surface area contributed by atoms with Crippen molar-refractivity contribution >= 4 is 11.3 Å². The maximum Gasteiger partial charge on any atom is 0.0794 e. The Labute approximate surface area is 96.1 Å². The summed E-state index contributed by atoms with van der Waals surface area (Å²) < 4.78 is 0. The van der Waals surface area contributed by atoms with E-state index >= 15 is 0 Å². The highest BCUT2D eigenvalue weighted by molar-refractivity contribution is 7.09. The van der Waals surface area contributed by atoms with Gasteiger partial charge in [0.05, 0.1) is 5.51 Å². The third kappa shape index (κ3) is 3.55. The Hall–Kier alpha value is -0.450. The number of nitrogens with one attached hydrogen (secondary N) is 1. The predicted molar refractivity (Wildman–Crippen MR) is 65.9 cm³/mol. The number of thiazole rings is 1. The van der Waals surface area contributed by atoms with Gasteiger partial charge in [0.2, 0.25) is 0 Å². The van der Waals surface area contributed by atoms with Gasteiger partial charge in [0.1, 0.15) is 0 Å². The molecule has 1 rings (SSSR count). The molecule has 3 N–H and O–H groups in total. The van der Waals surface area contributed by atoms with Crippen molar-refractivity contribution < 1.29 is 0 Å². The second kappa shape index (κ2) is 4.60. The van der Waals surface area contributed by atoms with E-state index in [1.54, 1.807) is 11.3 Å². The maximum atomic E-state index is 6.12. The fourth-order valence-electron chi connectivity index (χ4n) is 1.06. The Balaban J connectivity index is 2.37. The first-order chi connectivity index (χ1) is 6.83. The summed E-state index contributed by atoms with van der Waals surface area (Å²) in [4.78, 5) is 5.30.